The Bertz CT molecular complexity index is 1040. The number of rotatable bonds is 6. The number of carbonyl (C=O) groups excluding carboxylic acids is 2. The fourth-order valence-corrected chi connectivity index (χ4v) is 3.75. The van der Waals surface area contributed by atoms with Gasteiger partial charge in [-0.15, -0.1) is 0 Å². The quantitative estimate of drug-likeness (QED) is 0.685. The summed E-state index contributed by atoms with van der Waals surface area (Å²) < 4.78 is 11.5. The number of aryl methyl sites for hydroxylation is 1. The van der Waals surface area contributed by atoms with E-state index in [1.165, 1.54) is 0 Å². The Morgan fingerprint density at radius 3 is 2.66 bits per heavy atom. The number of anilines is 1. The van der Waals surface area contributed by atoms with Gasteiger partial charge in [-0.2, -0.15) is 0 Å². The van der Waals surface area contributed by atoms with Gasteiger partial charge < -0.3 is 19.4 Å². The molecule has 1 saturated heterocycles. The highest BCUT2D eigenvalue weighted by Gasteiger charge is 2.22. The molecule has 1 atom stereocenters. The van der Waals surface area contributed by atoms with E-state index in [9.17, 15) is 9.59 Å². The van der Waals surface area contributed by atoms with Crippen LogP contribution >= 0.6 is 0 Å². The summed E-state index contributed by atoms with van der Waals surface area (Å²) in [5.41, 5.74) is 2.70. The largest absolute Gasteiger partial charge is 0.484 e. The minimum Gasteiger partial charge on any atom is -0.484 e. The number of ether oxygens (including phenoxy) is 1. The Morgan fingerprint density at radius 1 is 1.21 bits per heavy atom. The van der Waals surface area contributed by atoms with E-state index >= 15 is 0 Å². The lowest BCUT2D eigenvalue weighted by atomic mass is 10.1. The van der Waals surface area contributed by atoms with E-state index in [2.05, 4.69) is 5.32 Å². The molecule has 0 bridgehead atoms. The van der Waals surface area contributed by atoms with E-state index in [1.807, 2.05) is 50.2 Å². The minimum atomic E-state index is -0.262. The van der Waals surface area contributed by atoms with Crippen LogP contribution in [0.1, 0.15) is 37.1 Å². The van der Waals surface area contributed by atoms with E-state index in [4.69, 9.17) is 9.15 Å². The topological polar surface area (TPSA) is 71.8 Å². The lowest BCUT2D eigenvalue weighted by Gasteiger charge is -2.16. The van der Waals surface area contributed by atoms with Gasteiger partial charge in [0.2, 0.25) is 5.91 Å². The SMILES string of the molecule is Cc1c([C@H](C)NC(=O)COc2ccc(N3CCCC3=O)cc2)oc2ccccc12. The molecule has 2 heterocycles. The summed E-state index contributed by atoms with van der Waals surface area (Å²) in [6.07, 6.45) is 1.49. The Hall–Kier alpha value is -3.28. The standard InChI is InChI=1S/C23H24N2O4/c1-15-19-6-3-4-7-20(19)29-23(15)16(2)24-21(26)14-28-18-11-9-17(10-12-18)25-13-5-8-22(25)27/h3-4,6-7,9-12,16H,5,8,13-14H2,1-2H3,(H,24,26)/t16-/m0/s1. The van der Waals surface area contributed by atoms with Crippen molar-refractivity contribution in [2.24, 2.45) is 0 Å². The predicted molar refractivity (Wildman–Crippen MR) is 111 cm³/mol. The molecular weight excluding hydrogens is 368 g/mol. The van der Waals surface area contributed by atoms with Gasteiger partial charge in [0.05, 0.1) is 6.04 Å². The van der Waals surface area contributed by atoms with E-state index in [0.717, 1.165) is 40.9 Å². The van der Waals surface area contributed by atoms with Gasteiger partial charge in [0.15, 0.2) is 6.61 Å². The molecule has 6 nitrogen and oxygen atoms in total. The second-order valence-corrected chi connectivity index (χ2v) is 7.31. The van der Waals surface area contributed by atoms with E-state index in [0.29, 0.717) is 12.2 Å². The highest BCUT2D eigenvalue weighted by atomic mass is 16.5. The second kappa shape index (κ2) is 7.99. The van der Waals surface area contributed by atoms with E-state index in [1.54, 1.807) is 17.0 Å². The number of nitrogens with one attached hydrogen (secondary N) is 1. The number of hydrogen-bond donors (Lipinski definition) is 1. The zero-order valence-electron chi connectivity index (χ0n) is 16.6. The molecule has 0 spiro atoms. The Morgan fingerprint density at radius 2 is 1.97 bits per heavy atom. The molecule has 4 rings (SSSR count). The summed E-state index contributed by atoms with van der Waals surface area (Å²) in [5, 5.41) is 3.97. The third-order valence-electron chi connectivity index (χ3n) is 5.24. The van der Waals surface area contributed by atoms with Crippen LogP contribution in [-0.2, 0) is 9.59 Å². The van der Waals surface area contributed by atoms with E-state index < -0.39 is 0 Å². The van der Waals surface area contributed by atoms with Gasteiger partial charge in [-0.1, -0.05) is 18.2 Å². The van der Waals surface area contributed by atoms with E-state index in [-0.39, 0.29) is 24.5 Å². The number of nitrogens with zero attached hydrogens (tertiary/aromatic N) is 1. The van der Waals surface area contributed by atoms with Gasteiger partial charge in [-0.25, -0.2) is 0 Å². The molecule has 1 aliphatic heterocycles. The van der Waals surface area contributed by atoms with Crippen LogP contribution in [0.5, 0.6) is 5.75 Å². The number of amides is 2. The summed E-state index contributed by atoms with van der Waals surface area (Å²) in [4.78, 5) is 25.9. The van der Waals surface area contributed by atoms with Crippen LogP contribution in [-0.4, -0.2) is 25.0 Å². The first-order valence-corrected chi connectivity index (χ1v) is 9.83. The van der Waals surface area contributed by atoms with Gasteiger partial charge in [0.25, 0.3) is 5.91 Å². The number of fused-ring (bicyclic) bond motifs is 1. The Labute approximate surface area is 169 Å². The molecular formula is C23H24N2O4. The average molecular weight is 392 g/mol. The molecule has 1 aliphatic rings. The highest BCUT2D eigenvalue weighted by molar-refractivity contribution is 5.95. The number of carbonyl (C=O) groups is 2. The second-order valence-electron chi connectivity index (χ2n) is 7.31. The summed E-state index contributed by atoms with van der Waals surface area (Å²) in [7, 11) is 0. The zero-order valence-corrected chi connectivity index (χ0v) is 16.6. The molecule has 29 heavy (non-hydrogen) atoms. The molecule has 6 heteroatoms. The molecule has 0 unspecified atom stereocenters. The minimum absolute atomic E-state index is 0.0917. The maximum absolute atomic E-state index is 12.3. The third kappa shape index (κ3) is 3.97. The van der Waals surface area contributed by atoms with Crippen LogP contribution in [0.4, 0.5) is 5.69 Å². The molecule has 1 fully saturated rings. The zero-order chi connectivity index (χ0) is 20.4. The van der Waals surface area contributed by atoms with Crippen LogP contribution in [0, 0.1) is 6.92 Å². The first kappa shape index (κ1) is 19.1. The molecule has 3 aromatic rings. The van der Waals surface area contributed by atoms with Crippen LogP contribution < -0.4 is 15.0 Å². The lowest BCUT2D eigenvalue weighted by molar-refractivity contribution is -0.123. The first-order chi connectivity index (χ1) is 14.0. The van der Waals surface area contributed by atoms with Gasteiger partial charge in [0.1, 0.15) is 17.1 Å². The van der Waals surface area contributed by atoms with Crippen molar-refractivity contribution in [2.45, 2.75) is 32.7 Å². The molecule has 1 aromatic heterocycles. The van der Waals surface area contributed by atoms with Crippen molar-refractivity contribution in [2.75, 3.05) is 18.1 Å². The third-order valence-corrected chi connectivity index (χ3v) is 5.24. The predicted octanol–water partition coefficient (Wildman–Crippen LogP) is 4.12. The van der Waals surface area contributed by atoms with Crippen LogP contribution in [0.3, 0.4) is 0 Å². The maximum atomic E-state index is 12.3. The fourth-order valence-electron chi connectivity index (χ4n) is 3.75. The molecule has 0 aliphatic carbocycles. The fraction of sp³-hybridized carbons (Fsp3) is 0.304. The van der Waals surface area contributed by atoms with Crippen molar-refractivity contribution in [3.05, 3.63) is 59.9 Å². The summed E-state index contributed by atoms with van der Waals surface area (Å²) in [6.45, 7) is 4.55. The van der Waals surface area contributed by atoms with Crippen molar-refractivity contribution in [3.63, 3.8) is 0 Å². The number of hydrogen-bond acceptors (Lipinski definition) is 4. The van der Waals surface area contributed by atoms with Gasteiger partial charge in [-0.05, 0) is 50.6 Å². The van der Waals surface area contributed by atoms with Crippen molar-refractivity contribution in [3.8, 4) is 5.75 Å². The van der Waals surface area contributed by atoms with Crippen molar-refractivity contribution >= 4 is 28.5 Å². The molecule has 1 N–H and O–H groups in total. The monoisotopic (exact) mass is 392 g/mol. The maximum Gasteiger partial charge on any atom is 0.258 e. The van der Waals surface area contributed by atoms with Crippen LogP contribution in [0.25, 0.3) is 11.0 Å². The number of furan rings is 1. The van der Waals surface area contributed by atoms with Crippen LogP contribution in [0.2, 0.25) is 0 Å². The molecule has 0 saturated carbocycles. The van der Waals surface area contributed by atoms with Gasteiger partial charge in [0, 0.05) is 29.6 Å². The molecule has 150 valence electrons. The summed E-state index contributed by atoms with van der Waals surface area (Å²) in [6, 6.07) is 14.8. The van der Waals surface area contributed by atoms with Gasteiger partial charge >= 0.3 is 0 Å². The number of benzene rings is 2. The molecule has 2 amide bonds. The summed E-state index contributed by atoms with van der Waals surface area (Å²) >= 11 is 0. The van der Waals surface area contributed by atoms with Crippen molar-refractivity contribution < 1.29 is 18.7 Å². The van der Waals surface area contributed by atoms with Crippen LogP contribution in [0.15, 0.2) is 52.9 Å². The highest BCUT2D eigenvalue weighted by Crippen LogP contribution is 2.29. The lowest BCUT2D eigenvalue weighted by Crippen LogP contribution is -2.31. The van der Waals surface area contributed by atoms with Crippen molar-refractivity contribution in [1.29, 1.82) is 0 Å². The normalized spacial score (nSPS) is 15.0. The number of para-hydroxylation sites is 1. The smallest absolute Gasteiger partial charge is 0.258 e. The molecule has 2 aromatic carbocycles. The van der Waals surface area contributed by atoms with Gasteiger partial charge in [-0.3, -0.25) is 9.59 Å². The average Bonchev–Trinajstić information content (AvgIpc) is 3.30. The molecule has 0 radical (unpaired) electrons. The summed E-state index contributed by atoms with van der Waals surface area (Å²) in [5.74, 6) is 1.26. The first-order valence-electron chi connectivity index (χ1n) is 9.83. The Kier molecular flexibility index (Phi) is 5.25. The van der Waals surface area contributed by atoms with Crippen molar-refractivity contribution in [1.82, 2.24) is 5.32 Å². The Balaban J connectivity index is 1.33.